The molecule has 0 bridgehead atoms. The molecule has 0 aromatic carbocycles. The number of aryl methyl sites for hydroxylation is 1. The predicted molar refractivity (Wildman–Crippen MR) is 29.7 cm³/mol. The van der Waals surface area contributed by atoms with Crippen LogP contribution in [0.25, 0.3) is 0 Å². The topological polar surface area (TPSA) is 25.8 Å². The molecule has 4 heteroatoms. The first kappa shape index (κ1) is 5.00. The Labute approximate surface area is 50.3 Å². The van der Waals surface area contributed by atoms with Crippen LogP contribution < -0.4 is 0 Å². The zero-order valence-electron chi connectivity index (χ0n) is 3.68. The van der Waals surface area contributed by atoms with E-state index < -0.39 is 0 Å². The van der Waals surface area contributed by atoms with Crippen molar-refractivity contribution in [3.8, 4) is 0 Å². The molecule has 1 aromatic heterocycles. The monoisotopic (exact) mass is 134 g/mol. The first-order valence-corrected chi connectivity index (χ1v) is 2.90. The first-order chi connectivity index (χ1) is 3.30. The molecule has 1 aromatic rings. The van der Waals surface area contributed by atoms with Crippen molar-refractivity contribution in [2.24, 2.45) is 0 Å². The van der Waals surface area contributed by atoms with Gasteiger partial charge in [-0.25, -0.2) is 0 Å². The third-order valence-electron chi connectivity index (χ3n) is 0.596. The van der Waals surface area contributed by atoms with Gasteiger partial charge in [-0.2, -0.15) is 0 Å². The zero-order valence-corrected chi connectivity index (χ0v) is 5.25. The smallest absolute Gasteiger partial charge is 0.137 e. The van der Waals surface area contributed by atoms with Crippen molar-refractivity contribution >= 4 is 23.1 Å². The van der Waals surface area contributed by atoms with Crippen molar-refractivity contribution in [3.05, 3.63) is 10.0 Å². The lowest BCUT2D eigenvalue weighted by Crippen LogP contribution is -1.67. The van der Waals surface area contributed by atoms with Crippen molar-refractivity contribution in [1.29, 1.82) is 0 Å². The highest BCUT2D eigenvalue weighted by Gasteiger charge is 1.94. The summed E-state index contributed by atoms with van der Waals surface area (Å²) in [5.41, 5.74) is 0.812. The fourth-order valence-corrected chi connectivity index (χ4v) is 0.761. The van der Waals surface area contributed by atoms with Gasteiger partial charge in [-0.3, -0.25) is 0 Å². The number of hydrogen-bond acceptors (Lipinski definition) is 3. The van der Waals surface area contributed by atoms with E-state index in [0.29, 0.717) is 4.34 Å². The molecule has 7 heavy (non-hydrogen) atoms. The van der Waals surface area contributed by atoms with E-state index in [9.17, 15) is 0 Å². The SMILES string of the molecule is Cc1nnsc1Cl. The van der Waals surface area contributed by atoms with Gasteiger partial charge in [0.2, 0.25) is 0 Å². The molecule has 0 aliphatic rings. The zero-order chi connectivity index (χ0) is 5.28. The minimum absolute atomic E-state index is 0.681. The van der Waals surface area contributed by atoms with Gasteiger partial charge in [0, 0.05) is 11.5 Å². The van der Waals surface area contributed by atoms with Crippen molar-refractivity contribution in [2.75, 3.05) is 0 Å². The van der Waals surface area contributed by atoms with Gasteiger partial charge in [-0.15, -0.1) is 5.10 Å². The van der Waals surface area contributed by atoms with Crippen LogP contribution in [0.4, 0.5) is 0 Å². The summed E-state index contributed by atoms with van der Waals surface area (Å²) in [6.07, 6.45) is 0. The Morgan fingerprint density at radius 3 is 2.57 bits per heavy atom. The third-order valence-corrected chi connectivity index (χ3v) is 1.70. The van der Waals surface area contributed by atoms with Gasteiger partial charge in [0.25, 0.3) is 0 Å². The van der Waals surface area contributed by atoms with Gasteiger partial charge in [-0.1, -0.05) is 16.1 Å². The summed E-state index contributed by atoms with van der Waals surface area (Å²) < 4.78 is 4.26. The van der Waals surface area contributed by atoms with Crippen LogP contribution in [-0.4, -0.2) is 9.59 Å². The standard InChI is InChI=1S/C3H3ClN2S/c1-2-3(4)7-6-5-2/h1H3. The van der Waals surface area contributed by atoms with Gasteiger partial charge in [0.05, 0.1) is 5.69 Å². The van der Waals surface area contributed by atoms with E-state index in [1.807, 2.05) is 6.92 Å². The van der Waals surface area contributed by atoms with Crippen molar-refractivity contribution in [3.63, 3.8) is 0 Å². The largest absolute Gasteiger partial charge is 0.142 e. The average molecular weight is 135 g/mol. The summed E-state index contributed by atoms with van der Waals surface area (Å²) >= 11 is 6.73. The molecule has 0 unspecified atom stereocenters. The summed E-state index contributed by atoms with van der Waals surface area (Å²) in [4.78, 5) is 0. The Morgan fingerprint density at radius 2 is 2.43 bits per heavy atom. The summed E-state index contributed by atoms with van der Waals surface area (Å²) in [6.45, 7) is 1.83. The highest BCUT2D eigenvalue weighted by Crippen LogP contribution is 2.14. The molecule has 0 spiro atoms. The van der Waals surface area contributed by atoms with Crippen LogP contribution in [0.5, 0.6) is 0 Å². The van der Waals surface area contributed by atoms with E-state index >= 15 is 0 Å². The maximum atomic E-state index is 5.52. The van der Waals surface area contributed by atoms with Crippen molar-refractivity contribution < 1.29 is 0 Å². The van der Waals surface area contributed by atoms with E-state index in [0.717, 1.165) is 5.69 Å². The fourth-order valence-electron chi connectivity index (χ4n) is 0.223. The van der Waals surface area contributed by atoms with E-state index in [1.165, 1.54) is 11.5 Å². The lowest BCUT2D eigenvalue weighted by atomic mass is 10.6. The molecule has 0 aliphatic heterocycles. The molecule has 1 rings (SSSR count). The molecule has 38 valence electrons. The Hall–Kier alpha value is -0.150. The van der Waals surface area contributed by atoms with Crippen LogP contribution in [-0.2, 0) is 0 Å². The number of aromatic nitrogens is 2. The predicted octanol–water partition coefficient (Wildman–Crippen LogP) is 1.50. The second kappa shape index (κ2) is 1.76. The quantitative estimate of drug-likeness (QED) is 0.538. The summed E-state index contributed by atoms with van der Waals surface area (Å²) in [5, 5.41) is 3.65. The molecule has 0 N–H and O–H groups in total. The van der Waals surface area contributed by atoms with Crippen LogP contribution in [0.15, 0.2) is 0 Å². The molecular weight excluding hydrogens is 132 g/mol. The summed E-state index contributed by atoms with van der Waals surface area (Å²) in [6, 6.07) is 0. The molecule has 0 saturated heterocycles. The average Bonchev–Trinajstić information content (AvgIpc) is 1.91. The van der Waals surface area contributed by atoms with Crippen molar-refractivity contribution in [2.45, 2.75) is 6.92 Å². The summed E-state index contributed by atoms with van der Waals surface area (Å²) in [7, 11) is 0. The van der Waals surface area contributed by atoms with Crippen molar-refractivity contribution in [1.82, 2.24) is 9.59 Å². The molecule has 1 heterocycles. The molecule has 2 nitrogen and oxygen atoms in total. The second-order valence-corrected chi connectivity index (χ2v) is 2.49. The first-order valence-electron chi connectivity index (χ1n) is 1.75. The van der Waals surface area contributed by atoms with E-state index in [-0.39, 0.29) is 0 Å². The fraction of sp³-hybridized carbons (Fsp3) is 0.333. The molecule has 0 fully saturated rings. The molecular formula is C3H3ClN2S. The lowest BCUT2D eigenvalue weighted by molar-refractivity contribution is 1.09. The Kier molecular flexibility index (Phi) is 1.25. The van der Waals surface area contributed by atoms with Crippen LogP contribution in [0.1, 0.15) is 5.69 Å². The Bertz CT molecular complexity index is 145. The lowest BCUT2D eigenvalue weighted by Gasteiger charge is -1.71. The normalized spacial score (nSPS) is 9.43. The number of rotatable bonds is 0. The Balaban J connectivity index is 3.12. The van der Waals surface area contributed by atoms with Gasteiger partial charge in [-0.05, 0) is 6.92 Å². The van der Waals surface area contributed by atoms with Crippen LogP contribution >= 0.6 is 23.1 Å². The van der Waals surface area contributed by atoms with Gasteiger partial charge >= 0.3 is 0 Å². The Morgan fingerprint density at radius 1 is 1.71 bits per heavy atom. The second-order valence-electron chi connectivity index (χ2n) is 1.13. The van der Waals surface area contributed by atoms with Crippen LogP contribution in [0.3, 0.4) is 0 Å². The molecule has 0 atom stereocenters. The highest BCUT2D eigenvalue weighted by molar-refractivity contribution is 7.10. The van der Waals surface area contributed by atoms with E-state index in [2.05, 4.69) is 9.59 Å². The maximum absolute atomic E-state index is 5.52. The summed E-state index contributed by atoms with van der Waals surface area (Å²) in [5.74, 6) is 0. The third kappa shape index (κ3) is 0.894. The van der Waals surface area contributed by atoms with Crippen LogP contribution in [0, 0.1) is 6.92 Å². The van der Waals surface area contributed by atoms with E-state index in [4.69, 9.17) is 11.6 Å². The number of hydrogen-bond donors (Lipinski definition) is 0. The molecule has 0 saturated carbocycles. The molecule has 0 aliphatic carbocycles. The maximum Gasteiger partial charge on any atom is 0.137 e. The minimum atomic E-state index is 0.681. The van der Waals surface area contributed by atoms with Crippen LogP contribution in [0.2, 0.25) is 4.34 Å². The van der Waals surface area contributed by atoms with Gasteiger partial charge in [0.15, 0.2) is 0 Å². The van der Waals surface area contributed by atoms with E-state index in [1.54, 1.807) is 0 Å². The molecule has 0 radical (unpaired) electrons. The van der Waals surface area contributed by atoms with Gasteiger partial charge in [0.1, 0.15) is 4.34 Å². The molecule has 0 amide bonds. The number of nitrogens with zero attached hydrogens (tertiary/aromatic N) is 2. The highest BCUT2D eigenvalue weighted by atomic mass is 35.5. The minimum Gasteiger partial charge on any atom is -0.142 e. The van der Waals surface area contributed by atoms with Gasteiger partial charge < -0.3 is 0 Å². The number of halogens is 1.